The summed E-state index contributed by atoms with van der Waals surface area (Å²) in [6.45, 7) is 2.85. The number of anilines is 1. The predicted octanol–water partition coefficient (Wildman–Crippen LogP) is 4.44. The highest BCUT2D eigenvalue weighted by Crippen LogP contribution is 2.40. The lowest BCUT2D eigenvalue weighted by molar-refractivity contribution is 0.374. The molecule has 0 bridgehead atoms. The highest BCUT2D eigenvalue weighted by Gasteiger charge is 2.24. The summed E-state index contributed by atoms with van der Waals surface area (Å²) in [6.07, 6.45) is 5.62. The van der Waals surface area contributed by atoms with Crippen LogP contribution >= 0.6 is 11.6 Å². The normalized spacial score (nSPS) is 15.8. The lowest BCUT2D eigenvalue weighted by atomic mass is 9.95. The number of ether oxygens (including phenoxy) is 1. The Balaban J connectivity index is 1.83. The largest absolute Gasteiger partial charge is 0.503 e. The molecule has 0 amide bonds. The number of aromatic hydroxyl groups is 1. The summed E-state index contributed by atoms with van der Waals surface area (Å²) in [6, 6.07) is 9.50. The molecule has 0 saturated carbocycles. The zero-order valence-electron chi connectivity index (χ0n) is 18.5. The molecule has 0 radical (unpaired) electrons. The zero-order valence-corrected chi connectivity index (χ0v) is 20.1. The highest BCUT2D eigenvalue weighted by molar-refractivity contribution is 7.84. The number of pyridine rings is 1. The lowest BCUT2D eigenvalue weighted by Gasteiger charge is -2.35. The van der Waals surface area contributed by atoms with Gasteiger partial charge < -0.3 is 20.1 Å². The number of methoxy groups -OCH3 is 1. The van der Waals surface area contributed by atoms with E-state index < -0.39 is 10.8 Å². The van der Waals surface area contributed by atoms with Crippen LogP contribution in [0.4, 0.5) is 5.69 Å². The van der Waals surface area contributed by atoms with Crippen molar-refractivity contribution in [3.8, 4) is 22.6 Å². The van der Waals surface area contributed by atoms with E-state index in [4.69, 9.17) is 16.3 Å². The van der Waals surface area contributed by atoms with Gasteiger partial charge in [0.25, 0.3) is 0 Å². The van der Waals surface area contributed by atoms with Crippen molar-refractivity contribution >= 4 is 39.0 Å². The van der Waals surface area contributed by atoms with Crippen molar-refractivity contribution in [2.45, 2.75) is 17.7 Å². The molecule has 1 aliphatic heterocycles. The van der Waals surface area contributed by atoms with E-state index in [-0.39, 0.29) is 10.8 Å². The summed E-state index contributed by atoms with van der Waals surface area (Å²) in [7, 11) is 2.33. The number of nitrogens with zero attached hydrogens (tertiary/aromatic N) is 2. The van der Waals surface area contributed by atoms with Crippen molar-refractivity contribution in [3.05, 3.63) is 41.6 Å². The Labute approximate surface area is 196 Å². The number of rotatable bonds is 6. The number of aromatic nitrogens is 1. The van der Waals surface area contributed by atoms with Crippen molar-refractivity contribution in [1.82, 2.24) is 10.3 Å². The van der Waals surface area contributed by atoms with Crippen LogP contribution in [0.15, 0.2) is 41.4 Å². The van der Waals surface area contributed by atoms with E-state index in [1.165, 1.54) is 7.11 Å². The van der Waals surface area contributed by atoms with E-state index in [0.717, 1.165) is 65.1 Å². The molecule has 8 heteroatoms. The van der Waals surface area contributed by atoms with Crippen LogP contribution in [0.5, 0.6) is 11.5 Å². The molecular weight excluding hydrogens is 446 g/mol. The topological polar surface area (TPSA) is 74.7 Å². The van der Waals surface area contributed by atoms with E-state index in [1.807, 2.05) is 19.2 Å². The standard InChI is InChI=1S/C24H28ClN3O3S/c1-26-13-15-6-8-28(9-7-15)23-18-10-16(4-5-20(18)27-14-22(23)32(3)30)17-11-19(25)24(29)21(12-17)31-2/h4-5,10-12,14-15,26,29H,6-9,13H2,1-3H3. The van der Waals surface area contributed by atoms with Gasteiger partial charge in [0.1, 0.15) is 0 Å². The summed E-state index contributed by atoms with van der Waals surface area (Å²) in [5.41, 5.74) is 3.60. The number of fused-ring (bicyclic) bond motifs is 1. The monoisotopic (exact) mass is 473 g/mol. The van der Waals surface area contributed by atoms with Gasteiger partial charge in [-0.3, -0.25) is 9.19 Å². The third kappa shape index (κ3) is 4.42. The van der Waals surface area contributed by atoms with Crippen molar-refractivity contribution in [1.29, 1.82) is 0 Å². The molecule has 170 valence electrons. The molecule has 2 aromatic carbocycles. The van der Waals surface area contributed by atoms with Gasteiger partial charge in [0.2, 0.25) is 0 Å². The maximum Gasteiger partial charge on any atom is 0.176 e. The van der Waals surface area contributed by atoms with Gasteiger partial charge in [-0.05, 0) is 67.7 Å². The summed E-state index contributed by atoms with van der Waals surface area (Å²) < 4.78 is 17.9. The number of piperidine rings is 1. The first-order valence-electron chi connectivity index (χ1n) is 10.7. The number of benzene rings is 2. The van der Waals surface area contributed by atoms with E-state index in [1.54, 1.807) is 24.6 Å². The van der Waals surface area contributed by atoms with Crippen molar-refractivity contribution in [2.24, 2.45) is 5.92 Å². The Kier molecular flexibility index (Phi) is 6.88. The fraction of sp³-hybridized carbons (Fsp3) is 0.375. The third-order valence-electron chi connectivity index (χ3n) is 6.12. The van der Waals surface area contributed by atoms with Crippen LogP contribution in [0.2, 0.25) is 5.02 Å². The molecule has 1 aromatic heterocycles. The molecule has 32 heavy (non-hydrogen) atoms. The van der Waals surface area contributed by atoms with Gasteiger partial charge in [-0.1, -0.05) is 17.7 Å². The molecule has 1 unspecified atom stereocenters. The second kappa shape index (κ2) is 9.65. The quantitative estimate of drug-likeness (QED) is 0.551. The molecule has 3 aromatic rings. The number of hydrogen-bond acceptors (Lipinski definition) is 6. The van der Waals surface area contributed by atoms with Gasteiger partial charge >= 0.3 is 0 Å². The van der Waals surface area contributed by atoms with Crippen LogP contribution in [0, 0.1) is 5.92 Å². The fourth-order valence-electron chi connectivity index (χ4n) is 4.42. The maximum absolute atomic E-state index is 12.6. The SMILES string of the molecule is CNCC1CCN(c2c(S(C)=O)cnc3ccc(-c4cc(Cl)c(O)c(OC)c4)cc23)CC1. The van der Waals surface area contributed by atoms with Crippen molar-refractivity contribution < 1.29 is 14.1 Å². The summed E-state index contributed by atoms with van der Waals surface area (Å²) in [4.78, 5) is 7.68. The molecule has 1 aliphatic rings. The van der Waals surface area contributed by atoms with E-state index >= 15 is 0 Å². The Hall–Kier alpha value is -2.35. The average molecular weight is 474 g/mol. The average Bonchev–Trinajstić information content (AvgIpc) is 2.80. The minimum atomic E-state index is -1.16. The van der Waals surface area contributed by atoms with Crippen LogP contribution in [0.3, 0.4) is 0 Å². The van der Waals surface area contributed by atoms with Gasteiger partial charge in [-0.2, -0.15) is 0 Å². The van der Waals surface area contributed by atoms with Gasteiger partial charge in [0.15, 0.2) is 11.5 Å². The number of phenols is 1. The van der Waals surface area contributed by atoms with Crippen LogP contribution in [0.1, 0.15) is 12.8 Å². The third-order valence-corrected chi connectivity index (χ3v) is 7.33. The van der Waals surface area contributed by atoms with Crippen LogP contribution in [-0.4, -0.2) is 54.3 Å². The lowest BCUT2D eigenvalue weighted by Crippen LogP contribution is -2.37. The van der Waals surface area contributed by atoms with Gasteiger partial charge in [0.05, 0.1) is 39.0 Å². The first-order chi connectivity index (χ1) is 15.4. The highest BCUT2D eigenvalue weighted by atomic mass is 35.5. The first kappa shape index (κ1) is 22.8. The van der Waals surface area contributed by atoms with E-state index in [2.05, 4.69) is 21.3 Å². The summed E-state index contributed by atoms with van der Waals surface area (Å²) in [5, 5.41) is 14.6. The molecule has 6 nitrogen and oxygen atoms in total. The smallest absolute Gasteiger partial charge is 0.176 e. The van der Waals surface area contributed by atoms with Gasteiger partial charge in [0, 0.05) is 30.9 Å². The van der Waals surface area contributed by atoms with Crippen LogP contribution in [0.25, 0.3) is 22.0 Å². The summed E-state index contributed by atoms with van der Waals surface area (Å²) >= 11 is 6.23. The second-order valence-electron chi connectivity index (χ2n) is 8.15. The number of halogens is 1. The second-order valence-corrected chi connectivity index (χ2v) is 9.91. The van der Waals surface area contributed by atoms with Crippen LogP contribution in [-0.2, 0) is 10.8 Å². The number of hydrogen-bond donors (Lipinski definition) is 2. The number of nitrogens with one attached hydrogen (secondary N) is 1. The molecular formula is C24H28ClN3O3S. The first-order valence-corrected chi connectivity index (χ1v) is 12.6. The maximum atomic E-state index is 12.6. The molecule has 2 N–H and O–H groups in total. The van der Waals surface area contributed by atoms with Gasteiger partial charge in [-0.15, -0.1) is 0 Å². The Bertz CT molecular complexity index is 1160. The zero-order chi connectivity index (χ0) is 22.8. The van der Waals surface area contributed by atoms with Crippen LogP contribution < -0.4 is 15.0 Å². The molecule has 1 saturated heterocycles. The Morgan fingerprint density at radius 1 is 1.25 bits per heavy atom. The molecule has 1 fully saturated rings. The molecule has 1 atom stereocenters. The van der Waals surface area contributed by atoms with E-state index in [9.17, 15) is 9.32 Å². The molecule has 0 aliphatic carbocycles. The minimum Gasteiger partial charge on any atom is -0.503 e. The van der Waals surface area contributed by atoms with Crippen molar-refractivity contribution in [2.75, 3.05) is 44.9 Å². The number of phenolic OH excluding ortho intramolecular Hbond substituents is 1. The predicted molar refractivity (Wildman–Crippen MR) is 132 cm³/mol. The fourth-order valence-corrected chi connectivity index (χ4v) is 5.35. The molecule has 0 spiro atoms. The molecule has 2 heterocycles. The summed E-state index contributed by atoms with van der Waals surface area (Å²) in [5.74, 6) is 0.900. The van der Waals surface area contributed by atoms with E-state index in [0.29, 0.717) is 11.7 Å². The Morgan fingerprint density at radius 3 is 2.66 bits per heavy atom. The Morgan fingerprint density at radius 2 is 2.00 bits per heavy atom. The minimum absolute atomic E-state index is 0.0748. The van der Waals surface area contributed by atoms with Crippen molar-refractivity contribution in [3.63, 3.8) is 0 Å². The molecule has 4 rings (SSSR count). The van der Waals surface area contributed by atoms with Gasteiger partial charge in [-0.25, -0.2) is 0 Å².